The number of rotatable bonds is 11. The number of alkyl halides is 3. The Bertz CT molecular complexity index is 3580. The second-order valence-electron chi connectivity index (χ2n) is 15.1. The Hall–Kier alpha value is -8.63. The molecule has 0 aromatic heterocycles. The minimum Gasteiger partial charge on any atom is -0.545 e. The first-order chi connectivity index (χ1) is 37.0. The van der Waals surface area contributed by atoms with E-state index >= 15 is 8.78 Å². The highest BCUT2D eigenvalue weighted by molar-refractivity contribution is 7.97. The molecule has 0 saturated carbocycles. The molecule has 0 atom stereocenters. The number of carboxylic acid groups (broad SMARTS) is 1. The lowest BCUT2D eigenvalue weighted by Crippen LogP contribution is -2.24. The second kappa shape index (κ2) is 22.4. The van der Waals surface area contributed by atoms with Gasteiger partial charge in [-0.2, -0.15) is 39.5 Å². The molecule has 0 aliphatic rings. The second-order valence-corrected chi connectivity index (χ2v) is 17.2. The fraction of sp³-hybridized carbons (Fsp3) is 0.0200. The van der Waals surface area contributed by atoms with Crippen LogP contribution in [0.1, 0.15) is 15.9 Å². The Morgan fingerprint density at radius 1 is 0.342 bits per heavy atom. The third kappa shape index (κ3) is 10.7. The average molecular weight is 1160 g/mol. The van der Waals surface area contributed by atoms with Gasteiger partial charge >= 0.3 is 6.18 Å². The molecule has 0 amide bonds. The number of ether oxygens (including phenoxy) is 3. The molecule has 79 heavy (non-hydrogen) atoms. The van der Waals surface area contributed by atoms with Crippen molar-refractivity contribution in [3.05, 3.63) is 218 Å². The molecule has 8 aromatic rings. The molecule has 0 heterocycles. The summed E-state index contributed by atoms with van der Waals surface area (Å²) in [6.45, 7) is 0. The fourth-order valence-electron chi connectivity index (χ4n) is 6.76. The number of carbonyl (C=O) groups is 1. The highest BCUT2D eigenvalue weighted by Gasteiger charge is 2.40. The first kappa shape index (κ1) is 58.1. The number of aromatic carboxylic acids is 1. The van der Waals surface area contributed by atoms with Gasteiger partial charge < -0.3 is 24.1 Å². The molecule has 8 aromatic carbocycles. The van der Waals surface area contributed by atoms with Crippen LogP contribution in [0.3, 0.4) is 0 Å². The van der Waals surface area contributed by atoms with Crippen molar-refractivity contribution in [3.63, 3.8) is 0 Å². The Labute approximate surface area is 426 Å². The first-order valence-corrected chi connectivity index (χ1v) is 21.8. The van der Waals surface area contributed by atoms with E-state index in [1.165, 1.54) is 0 Å². The van der Waals surface area contributed by atoms with E-state index in [4.69, 9.17) is 0 Å². The normalized spacial score (nSPS) is 11.4. The lowest BCUT2D eigenvalue weighted by molar-refractivity contribution is -0.255. The Morgan fingerprint density at radius 2 is 0.633 bits per heavy atom. The molecule has 0 saturated heterocycles. The van der Waals surface area contributed by atoms with Crippen LogP contribution in [-0.4, -0.2) is 5.97 Å². The summed E-state index contributed by atoms with van der Waals surface area (Å²) < 4.78 is 340. The molecule has 0 N–H and O–H groups in total. The van der Waals surface area contributed by atoms with Crippen LogP contribution in [0, 0.1) is 116 Å². The van der Waals surface area contributed by atoms with E-state index in [9.17, 15) is 102 Å². The number of benzene rings is 8. The molecule has 0 bridgehead atoms. The van der Waals surface area contributed by atoms with Crippen molar-refractivity contribution in [1.29, 1.82) is 0 Å². The van der Waals surface area contributed by atoms with Crippen LogP contribution in [-0.2, 0) is 17.1 Å². The summed E-state index contributed by atoms with van der Waals surface area (Å²) >= 11 is 0. The van der Waals surface area contributed by atoms with Gasteiger partial charge in [0.05, 0.1) is 28.0 Å². The van der Waals surface area contributed by atoms with Gasteiger partial charge in [0.25, 0.3) is 0 Å². The predicted octanol–water partition coefficient (Wildman–Crippen LogP) is 15.7. The molecule has 0 aliphatic heterocycles. The van der Waals surface area contributed by atoms with E-state index in [-0.39, 0.29) is 0 Å². The highest BCUT2D eigenvalue weighted by atomic mass is 32.2. The molecule has 0 aliphatic carbocycles. The quantitative estimate of drug-likeness (QED) is 0.0559. The minimum absolute atomic E-state index is 0.417. The Morgan fingerprint density at radius 3 is 0.962 bits per heavy atom. The molecule has 29 heteroatoms. The number of carboxylic acids is 1. The van der Waals surface area contributed by atoms with Gasteiger partial charge in [-0.1, -0.05) is 36.4 Å². The lowest BCUT2D eigenvalue weighted by Gasteiger charge is -2.24. The van der Waals surface area contributed by atoms with E-state index in [1.807, 2.05) is 60.7 Å². The van der Waals surface area contributed by atoms with Crippen molar-refractivity contribution in [3.8, 4) is 45.6 Å². The largest absolute Gasteiger partial charge is 0.545 e. The van der Waals surface area contributed by atoms with Gasteiger partial charge in [0.1, 0.15) is 0 Å². The number of halogens is 23. The van der Waals surface area contributed by atoms with Gasteiger partial charge in [-0.05, 0) is 54.6 Å². The SMILES string of the molecule is FC(F)(F)c1ccc([S+](c2ccccc2)c2ccccc2)cc1.O=C([O-])c1cc(Oc2c(F)c(F)c(F)c(F)c2F)c(Oc2c(F)c(F)c(F)c(F)c2F)c(Oc2c(F)c(F)c(F)c(F)c2F)c1-c1c(F)c(F)c(F)c(F)c1F. The minimum atomic E-state index is -4.31. The van der Waals surface area contributed by atoms with E-state index in [1.54, 1.807) is 12.1 Å². The Balaban J connectivity index is 0.000000325. The topological polar surface area (TPSA) is 67.8 Å². The molecule has 5 nitrogen and oxygen atoms in total. The maximum absolute atomic E-state index is 15.2. The van der Waals surface area contributed by atoms with Crippen LogP contribution in [0.15, 0.2) is 106 Å². The van der Waals surface area contributed by atoms with Crippen LogP contribution >= 0.6 is 0 Å². The number of hydrogen-bond acceptors (Lipinski definition) is 5. The van der Waals surface area contributed by atoms with Crippen molar-refractivity contribution in [2.45, 2.75) is 20.9 Å². The van der Waals surface area contributed by atoms with Crippen LogP contribution in [0.25, 0.3) is 11.1 Å². The number of carbonyl (C=O) groups excluding carboxylic acids is 1. The van der Waals surface area contributed by atoms with Crippen LogP contribution in [0.5, 0.6) is 34.5 Å². The van der Waals surface area contributed by atoms with Crippen LogP contribution < -0.4 is 19.3 Å². The summed E-state index contributed by atoms with van der Waals surface area (Å²) in [6, 6.07) is 24.5. The summed E-state index contributed by atoms with van der Waals surface area (Å²) in [7, 11) is -0.417. The van der Waals surface area contributed by atoms with Crippen molar-refractivity contribution in [2.24, 2.45) is 0 Å². The molecule has 0 unspecified atom stereocenters. The monoisotopic (exact) mass is 1160 g/mol. The zero-order valence-electron chi connectivity index (χ0n) is 37.3. The van der Waals surface area contributed by atoms with Gasteiger partial charge in [-0.3, -0.25) is 0 Å². The standard InChI is InChI=1S/C31H2F20O5.C19H14F3S/c32-6-5(7(33)9(35)10(36)8(6)34)4-2(31(52)53)1-3(54-28-20(46)14(40)11(37)15(41)21(28)47)26(55-29-22(48)16(42)12(38)17(43)23(29)49)27(4)56-30-24(50)18(44)13(39)19(45)25(30)51;20-19(21,22)15-11-13-18(14-12-15)23(16-7-3-1-4-8-16)17-9-5-2-6-10-17/h1H,(H,52,53);1-14H/q;+1/p-1. The molecule has 8 rings (SSSR count). The molecule has 412 valence electrons. The van der Waals surface area contributed by atoms with Crippen molar-refractivity contribution >= 4 is 16.9 Å². The summed E-state index contributed by atoms with van der Waals surface area (Å²) in [5.41, 5.74) is -8.32. The maximum atomic E-state index is 15.2. The zero-order chi connectivity index (χ0) is 58.4. The van der Waals surface area contributed by atoms with E-state index in [0.717, 1.165) is 26.8 Å². The number of hydrogen-bond donors (Lipinski definition) is 0. The van der Waals surface area contributed by atoms with E-state index in [2.05, 4.69) is 14.2 Å². The third-order valence-corrected chi connectivity index (χ3v) is 12.6. The zero-order valence-corrected chi connectivity index (χ0v) is 38.1. The average Bonchev–Trinajstić information content (AvgIpc) is 3.64. The van der Waals surface area contributed by atoms with E-state index in [0.29, 0.717) is 0 Å². The summed E-state index contributed by atoms with van der Waals surface area (Å²) in [5.74, 6) is -81.2. The highest BCUT2D eigenvalue weighted by Crippen LogP contribution is 2.55. The lowest BCUT2D eigenvalue weighted by atomic mass is 9.95. The fourth-order valence-corrected chi connectivity index (χ4v) is 8.84. The van der Waals surface area contributed by atoms with Gasteiger partial charge in [-0.25, -0.2) is 61.5 Å². The maximum Gasteiger partial charge on any atom is 0.416 e. The molecule has 0 radical (unpaired) electrons. The van der Waals surface area contributed by atoms with Gasteiger partial charge in [-0.15, -0.1) is 0 Å². The molecule has 0 spiro atoms. The van der Waals surface area contributed by atoms with Crippen molar-refractivity contribution in [2.75, 3.05) is 0 Å². The van der Waals surface area contributed by atoms with Crippen LogP contribution in [0.2, 0.25) is 0 Å². The van der Waals surface area contributed by atoms with E-state index < -0.39 is 202 Å². The van der Waals surface area contributed by atoms with Crippen molar-refractivity contribution < 1.29 is 125 Å². The van der Waals surface area contributed by atoms with Gasteiger partial charge in [0.15, 0.2) is 49.5 Å². The summed E-state index contributed by atoms with van der Waals surface area (Å²) in [6.07, 6.45) is -4.31. The molecular weight excluding hydrogens is 1150 g/mol. The summed E-state index contributed by atoms with van der Waals surface area (Å²) in [5, 5.41) is 12.3. The molecular formula is C50H15F23O5S. The predicted molar refractivity (Wildman–Crippen MR) is 221 cm³/mol. The Kier molecular flexibility index (Phi) is 16.4. The van der Waals surface area contributed by atoms with Gasteiger partial charge in [0.2, 0.25) is 116 Å². The summed E-state index contributed by atoms with van der Waals surface area (Å²) in [4.78, 5) is 15.3. The van der Waals surface area contributed by atoms with Crippen molar-refractivity contribution in [1.82, 2.24) is 0 Å². The molecule has 0 fully saturated rings. The smallest absolute Gasteiger partial charge is 0.416 e. The van der Waals surface area contributed by atoms with Crippen LogP contribution in [0.4, 0.5) is 101 Å². The van der Waals surface area contributed by atoms with Gasteiger partial charge in [0, 0.05) is 11.1 Å². The third-order valence-electron chi connectivity index (χ3n) is 10.4. The first-order valence-electron chi connectivity index (χ1n) is 20.6.